The van der Waals surface area contributed by atoms with Crippen LogP contribution in [0, 0.1) is 0 Å². The Morgan fingerprint density at radius 3 is 2.33 bits per heavy atom. The summed E-state index contributed by atoms with van der Waals surface area (Å²) >= 11 is 14.2. The average Bonchev–Trinajstić information content (AvgIpc) is 2.43. The Hall–Kier alpha value is 0.900. The molecule has 1 heterocycles. The third-order valence-corrected chi connectivity index (χ3v) is 7.88. The van der Waals surface area contributed by atoms with Gasteiger partial charge in [-0.15, -0.1) is 22.9 Å². The molecule has 2 unspecified atom stereocenters. The standard InChI is InChI=1S/C8H9Br2ClO2S2/c1-4(15(2,12)13)7(11)6-3-5(9)8(10)14-6/h3-4,7H,1-2H3. The Labute approximate surface area is 115 Å². The van der Waals surface area contributed by atoms with Crippen molar-refractivity contribution in [3.05, 3.63) is 19.2 Å². The van der Waals surface area contributed by atoms with Crippen LogP contribution >= 0.6 is 54.8 Å². The van der Waals surface area contributed by atoms with E-state index in [0.29, 0.717) is 0 Å². The van der Waals surface area contributed by atoms with E-state index in [1.165, 1.54) is 17.6 Å². The number of thiophene rings is 1. The summed E-state index contributed by atoms with van der Waals surface area (Å²) in [4.78, 5) is 0.841. The van der Waals surface area contributed by atoms with E-state index in [1.807, 2.05) is 6.07 Å². The first-order chi connectivity index (χ1) is 6.73. The zero-order chi connectivity index (χ0) is 11.8. The van der Waals surface area contributed by atoms with Gasteiger partial charge in [0, 0.05) is 15.6 Å². The van der Waals surface area contributed by atoms with Crippen molar-refractivity contribution in [3.63, 3.8) is 0 Å². The van der Waals surface area contributed by atoms with Gasteiger partial charge in [0.25, 0.3) is 0 Å². The highest BCUT2D eigenvalue weighted by molar-refractivity contribution is 9.13. The van der Waals surface area contributed by atoms with Crippen LogP contribution in [0.3, 0.4) is 0 Å². The number of hydrogen-bond donors (Lipinski definition) is 0. The molecule has 2 atom stereocenters. The van der Waals surface area contributed by atoms with Crippen LogP contribution in [0.4, 0.5) is 0 Å². The summed E-state index contributed by atoms with van der Waals surface area (Å²) in [5.41, 5.74) is 0. The van der Waals surface area contributed by atoms with Gasteiger partial charge in [-0.25, -0.2) is 8.42 Å². The molecule has 1 aromatic rings. The summed E-state index contributed by atoms with van der Waals surface area (Å²) in [6.07, 6.45) is 1.20. The van der Waals surface area contributed by atoms with E-state index in [2.05, 4.69) is 31.9 Å². The smallest absolute Gasteiger partial charge is 0.151 e. The molecule has 0 spiro atoms. The van der Waals surface area contributed by atoms with E-state index in [0.717, 1.165) is 13.1 Å². The first kappa shape index (κ1) is 14.0. The largest absolute Gasteiger partial charge is 0.229 e. The van der Waals surface area contributed by atoms with Gasteiger partial charge in [-0.1, -0.05) is 0 Å². The van der Waals surface area contributed by atoms with Crippen molar-refractivity contribution in [3.8, 4) is 0 Å². The predicted octanol–water partition coefficient (Wildman–Crippen LogP) is 3.99. The topological polar surface area (TPSA) is 34.1 Å². The van der Waals surface area contributed by atoms with Gasteiger partial charge in [0.2, 0.25) is 0 Å². The second-order valence-electron chi connectivity index (χ2n) is 3.21. The fraction of sp³-hybridized carbons (Fsp3) is 0.500. The zero-order valence-electron chi connectivity index (χ0n) is 8.00. The molecule has 0 aliphatic rings. The number of alkyl halides is 1. The van der Waals surface area contributed by atoms with E-state index >= 15 is 0 Å². The van der Waals surface area contributed by atoms with Gasteiger partial charge < -0.3 is 0 Å². The maximum absolute atomic E-state index is 11.3. The predicted molar refractivity (Wildman–Crippen MR) is 72.6 cm³/mol. The SMILES string of the molecule is CC(C(Cl)c1cc(Br)c(Br)s1)S(C)(=O)=O. The highest BCUT2D eigenvalue weighted by Gasteiger charge is 2.27. The lowest BCUT2D eigenvalue weighted by atomic mass is 10.3. The fourth-order valence-corrected chi connectivity index (χ4v) is 4.54. The molecule has 1 rings (SSSR count). The minimum atomic E-state index is -3.11. The summed E-state index contributed by atoms with van der Waals surface area (Å²) in [5, 5.41) is -1.09. The molecule has 15 heavy (non-hydrogen) atoms. The van der Waals surface area contributed by atoms with E-state index in [1.54, 1.807) is 6.92 Å². The molecule has 7 heteroatoms. The monoisotopic (exact) mass is 394 g/mol. The number of halogens is 3. The first-order valence-corrected chi connectivity index (χ1v) is 8.80. The van der Waals surface area contributed by atoms with Crippen LogP contribution < -0.4 is 0 Å². The molecule has 0 radical (unpaired) electrons. The molecule has 0 amide bonds. The van der Waals surface area contributed by atoms with Gasteiger partial charge in [0.1, 0.15) is 0 Å². The van der Waals surface area contributed by atoms with Crippen molar-refractivity contribution >= 4 is 64.6 Å². The third kappa shape index (κ3) is 3.43. The van der Waals surface area contributed by atoms with Crippen molar-refractivity contribution in [2.24, 2.45) is 0 Å². The highest BCUT2D eigenvalue weighted by atomic mass is 79.9. The molecule has 0 saturated carbocycles. The van der Waals surface area contributed by atoms with Crippen molar-refractivity contribution < 1.29 is 8.42 Å². The van der Waals surface area contributed by atoms with Gasteiger partial charge in [-0.2, -0.15) is 0 Å². The Morgan fingerprint density at radius 1 is 1.47 bits per heavy atom. The molecular formula is C8H9Br2ClO2S2. The normalized spacial score (nSPS) is 16.3. The lowest BCUT2D eigenvalue weighted by Gasteiger charge is -2.14. The minimum Gasteiger partial charge on any atom is -0.229 e. The van der Waals surface area contributed by atoms with Crippen LogP contribution in [0.5, 0.6) is 0 Å². The summed E-state index contributed by atoms with van der Waals surface area (Å²) in [6.45, 7) is 1.62. The second kappa shape index (κ2) is 5.04. The Bertz CT molecular complexity index is 436. The van der Waals surface area contributed by atoms with Gasteiger partial charge in [-0.05, 0) is 44.8 Å². The van der Waals surface area contributed by atoms with Gasteiger partial charge in [0.05, 0.1) is 14.4 Å². The molecule has 2 nitrogen and oxygen atoms in total. The lowest BCUT2D eigenvalue weighted by molar-refractivity contribution is 0.587. The van der Waals surface area contributed by atoms with Crippen LogP contribution in [0.15, 0.2) is 14.3 Å². The molecule has 0 aliphatic heterocycles. The minimum absolute atomic E-state index is 0.507. The number of sulfone groups is 1. The van der Waals surface area contributed by atoms with E-state index < -0.39 is 20.5 Å². The van der Waals surface area contributed by atoms with Crippen molar-refractivity contribution in [2.75, 3.05) is 6.26 Å². The molecule has 0 aliphatic carbocycles. The molecule has 0 aromatic carbocycles. The van der Waals surface area contributed by atoms with Gasteiger partial charge >= 0.3 is 0 Å². The Morgan fingerprint density at radius 2 is 2.00 bits per heavy atom. The van der Waals surface area contributed by atoms with E-state index in [4.69, 9.17) is 11.6 Å². The molecule has 0 N–H and O–H groups in total. The molecule has 0 fully saturated rings. The van der Waals surface area contributed by atoms with Crippen molar-refractivity contribution in [1.82, 2.24) is 0 Å². The second-order valence-corrected chi connectivity index (χ2v) is 9.34. The molecule has 86 valence electrons. The number of hydrogen-bond acceptors (Lipinski definition) is 3. The van der Waals surface area contributed by atoms with Crippen LogP contribution in [0.2, 0.25) is 0 Å². The number of rotatable bonds is 3. The quantitative estimate of drug-likeness (QED) is 0.724. The fourth-order valence-electron chi connectivity index (χ4n) is 0.948. The molecular weight excluding hydrogens is 387 g/mol. The first-order valence-electron chi connectivity index (χ1n) is 4.01. The van der Waals surface area contributed by atoms with E-state index in [9.17, 15) is 8.42 Å². The third-order valence-electron chi connectivity index (χ3n) is 2.02. The lowest BCUT2D eigenvalue weighted by Crippen LogP contribution is -2.20. The summed E-state index contributed by atoms with van der Waals surface area (Å²) in [5.74, 6) is 0. The summed E-state index contributed by atoms with van der Waals surface area (Å²) < 4.78 is 24.5. The summed E-state index contributed by atoms with van der Waals surface area (Å²) in [6, 6.07) is 1.84. The molecule has 0 bridgehead atoms. The van der Waals surface area contributed by atoms with Crippen LogP contribution in [0.25, 0.3) is 0 Å². The van der Waals surface area contributed by atoms with Gasteiger partial charge in [-0.3, -0.25) is 0 Å². The highest BCUT2D eigenvalue weighted by Crippen LogP contribution is 2.40. The summed E-state index contributed by atoms with van der Waals surface area (Å²) in [7, 11) is -3.11. The van der Waals surface area contributed by atoms with Crippen molar-refractivity contribution in [2.45, 2.75) is 17.6 Å². The van der Waals surface area contributed by atoms with Crippen LogP contribution in [0.1, 0.15) is 17.2 Å². The Balaban J connectivity index is 3.00. The van der Waals surface area contributed by atoms with Gasteiger partial charge in [0.15, 0.2) is 9.84 Å². The van der Waals surface area contributed by atoms with Crippen molar-refractivity contribution in [1.29, 1.82) is 0 Å². The molecule has 1 aromatic heterocycles. The molecule has 0 saturated heterocycles. The van der Waals surface area contributed by atoms with Crippen LogP contribution in [-0.4, -0.2) is 19.9 Å². The average molecular weight is 397 g/mol. The van der Waals surface area contributed by atoms with Crippen LogP contribution in [-0.2, 0) is 9.84 Å². The maximum atomic E-state index is 11.3. The zero-order valence-corrected chi connectivity index (χ0v) is 13.6. The maximum Gasteiger partial charge on any atom is 0.151 e. The van der Waals surface area contributed by atoms with E-state index in [-0.39, 0.29) is 0 Å². The Kier molecular flexibility index (Phi) is 4.69.